The third kappa shape index (κ3) is 14.1. The molecule has 4 nitrogen and oxygen atoms in total. The molecule has 0 aliphatic rings. The Balaban J connectivity index is 0.000000422. The van der Waals surface area contributed by atoms with Gasteiger partial charge < -0.3 is 14.2 Å². The number of benzene rings is 2. The summed E-state index contributed by atoms with van der Waals surface area (Å²) in [4.78, 5) is 12.1. The minimum atomic E-state index is -0.409. The number of carbonyl (C=O) groups is 1. The first-order valence-electron chi connectivity index (χ1n) is 10.8. The Labute approximate surface area is 219 Å². The topological polar surface area (TPSA) is 44.8 Å². The van der Waals surface area contributed by atoms with E-state index >= 15 is 0 Å². The van der Waals surface area contributed by atoms with E-state index in [9.17, 15) is 4.79 Å². The summed E-state index contributed by atoms with van der Waals surface area (Å²) in [7, 11) is 1.59. The molecule has 0 heterocycles. The second-order valence-corrected chi connectivity index (χ2v) is 6.41. The van der Waals surface area contributed by atoms with E-state index in [0.717, 1.165) is 18.6 Å². The number of methoxy groups -OCH3 is 1. The second-order valence-electron chi connectivity index (χ2n) is 6.41. The third-order valence-corrected chi connectivity index (χ3v) is 3.89. The second kappa shape index (κ2) is 19.6. The molecule has 0 atom stereocenters. The number of ether oxygens (including phenoxy) is 3. The van der Waals surface area contributed by atoms with Gasteiger partial charge in [0.25, 0.3) is 0 Å². The summed E-state index contributed by atoms with van der Waals surface area (Å²) < 4.78 is 15.9. The molecule has 0 N–H and O–H groups in total. The predicted molar refractivity (Wildman–Crippen MR) is 146 cm³/mol. The number of allylic oxidation sites excluding steroid dienone is 1. The summed E-state index contributed by atoms with van der Waals surface area (Å²) in [6, 6.07) is 13.8. The number of rotatable bonds is 8. The van der Waals surface area contributed by atoms with Gasteiger partial charge in [-0.3, -0.25) is 0 Å². The van der Waals surface area contributed by atoms with Crippen LogP contribution >= 0.6 is 0 Å². The molecule has 0 bridgehead atoms. The van der Waals surface area contributed by atoms with Gasteiger partial charge in [-0.2, -0.15) is 0 Å². The number of hydrogen-bond donors (Lipinski definition) is 0. The molecule has 0 aliphatic carbocycles. The summed E-state index contributed by atoms with van der Waals surface area (Å²) >= 11 is 0. The molecule has 0 radical (unpaired) electrons. The van der Waals surface area contributed by atoms with Gasteiger partial charge in [0, 0.05) is 0 Å². The van der Waals surface area contributed by atoms with Crippen LogP contribution in [0, 0.1) is 83.9 Å². The average molecular weight is 483 g/mol. The maximum atomic E-state index is 12.1. The molecule has 0 spiro atoms. The first-order valence-corrected chi connectivity index (χ1v) is 10.8. The number of terminal acetylenes is 2. The van der Waals surface area contributed by atoms with Crippen LogP contribution in [0.2, 0.25) is 0 Å². The van der Waals surface area contributed by atoms with Gasteiger partial charge in [-0.05, 0) is 132 Å². The van der Waals surface area contributed by atoms with Crippen LogP contribution in [-0.4, -0.2) is 19.7 Å². The van der Waals surface area contributed by atoms with Crippen molar-refractivity contribution in [3.8, 4) is 101 Å². The Morgan fingerprint density at radius 2 is 1.22 bits per heavy atom. The highest BCUT2D eigenvalue weighted by Gasteiger charge is 2.09. The van der Waals surface area contributed by atoms with Crippen molar-refractivity contribution in [1.82, 2.24) is 0 Å². The lowest BCUT2D eigenvalue weighted by molar-refractivity contribution is 0.0734. The van der Waals surface area contributed by atoms with Crippen molar-refractivity contribution in [3.63, 3.8) is 0 Å². The SMILES string of the molecule is C#CC#CC#CC#CC#CC#CC#C.C=CCCCOc1ccc(C(=O)Oc2ccc(OC)cc2)cc1. The number of unbranched alkanes of at least 4 members (excludes halogenated alkanes) is 1. The van der Waals surface area contributed by atoms with Gasteiger partial charge in [0.05, 0.1) is 19.3 Å². The maximum Gasteiger partial charge on any atom is 0.343 e. The van der Waals surface area contributed by atoms with E-state index < -0.39 is 5.97 Å². The normalized spacial score (nSPS) is 7.54. The number of hydrogen-bond acceptors (Lipinski definition) is 4. The molecule has 4 heteroatoms. The van der Waals surface area contributed by atoms with Crippen molar-refractivity contribution in [3.05, 3.63) is 66.7 Å². The summed E-state index contributed by atoms with van der Waals surface area (Å²) in [6.45, 7) is 4.29. The summed E-state index contributed by atoms with van der Waals surface area (Å²) in [5.74, 6) is 29.8. The van der Waals surface area contributed by atoms with Crippen molar-refractivity contribution < 1.29 is 19.0 Å². The van der Waals surface area contributed by atoms with E-state index in [0.29, 0.717) is 23.7 Å². The lowest BCUT2D eigenvalue weighted by atomic mass is 10.2. The van der Waals surface area contributed by atoms with Crippen molar-refractivity contribution in [2.45, 2.75) is 12.8 Å². The van der Waals surface area contributed by atoms with Crippen LogP contribution in [0.3, 0.4) is 0 Å². The standard InChI is InChI=1S/C19H20O4.C14H2/c1-3-4-5-14-22-17-8-6-15(7-9-17)19(20)23-18-12-10-16(21-2)11-13-18;1-3-5-7-9-11-13-14-12-10-8-6-4-2/h3,6-13H,1,4-5,14H2,2H3;1-2H. The summed E-state index contributed by atoms with van der Waals surface area (Å²) in [6.07, 6.45) is 13.4. The fourth-order valence-electron chi connectivity index (χ4n) is 2.24. The largest absolute Gasteiger partial charge is 0.497 e. The molecule has 0 saturated carbocycles. The Morgan fingerprint density at radius 1 is 0.757 bits per heavy atom. The van der Waals surface area contributed by atoms with E-state index in [1.165, 1.54) is 0 Å². The van der Waals surface area contributed by atoms with Crippen LogP contribution in [0.1, 0.15) is 23.2 Å². The summed E-state index contributed by atoms with van der Waals surface area (Å²) in [5, 5.41) is 0. The maximum absolute atomic E-state index is 12.1. The Hall–Kier alpha value is -5.83. The molecule has 2 aromatic carbocycles. The van der Waals surface area contributed by atoms with E-state index in [2.05, 4.69) is 77.6 Å². The molecule has 0 aliphatic heterocycles. The molecular weight excluding hydrogens is 460 g/mol. The van der Waals surface area contributed by atoms with E-state index in [1.807, 2.05) is 6.08 Å². The quantitative estimate of drug-likeness (QED) is 0.182. The Morgan fingerprint density at radius 3 is 1.68 bits per heavy atom. The molecule has 0 fully saturated rings. The lowest BCUT2D eigenvalue weighted by Gasteiger charge is -2.07. The van der Waals surface area contributed by atoms with E-state index in [1.54, 1.807) is 55.6 Å². The van der Waals surface area contributed by atoms with Gasteiger partial charge in [-0.15, -0.1) is 19.4 Å². The van der Waals surface area contributed by atoms with Crippen molar-refractivity contribution in [2.24, 2.45) is 0 Å². The van der Waals surface area contributed by atoms with Crippen molar-refractivity contribution in [1.29, 1.82) is 0 Å². The van der Waals surface area contributed by atoms with Crippen LogP contribution in [0.15, 0.2) is 61.2 Å². The van der Waals surface area contributed by atoms with Crippen LogP contribution in [0.5, 0.6) is 17.2 Å². The van der Waals surface area contributed by atoms with Gasteiger partial charge in [0.1, 0.15) is 17.2 Å². The van der Waals surface area contributed by atoms with Crippen LogP contribution in [0.4, 0.5) is 0 Å². The fourth-order valence-corrected chi connectivity index (χ4v) is 2.24. The molecule has 0 saturated heterocycles. The highest BCUT2D eigenvalue weighted by atomic mass is 16.5. The fraction of sp³-hybridized carbons (Fsp3) is 0.121. The molecule has 37 heavy (non-hydrogen) atoms. The van der Waals surface area contributed by atoms with Gasteiger partial charge in [0.15, 0.2) is 0 Å². The molecule has 2 aromatic rings. The monoisotopic (exact) mass is 482 g/mol. The van der Waals surface area contributed by atoms with Gasteiger partial charge in [-0.1, -0.05) is 6.08 Å². The highest BCUT2D eigenvalue weighted by Crippen LogP contribution is 2.19. The first-order chi connectivity index (χ1) is 18.1. The molecule has 2 rings (SSSR count). The van der Waals surface area contributed by atoms with Gasteiger partial charge in [0.2, 0.25) is 0 Å². The van der Waals surface area contributed by atoms with E-state index in [-0.39, 0.29) is 0 Å². The Bertz CT molecular complexity index is 1380. The molecular formula is C33H22O4. The molecule has 0 aromatic heterocycles. The minimum absolute atomic E-state index is 0.409. The van der Waals surface area contributed by atoms with E-state index in [4.69, 9.17) is 27.1 Å². The lowest BCUT2D eigenvalue weighted by Crippen LogP contribution is -2.08. The zero-order valence-electron chi connectivity index (χ0n) is 20.3. The van der Waals surface area contributed by atoms with Crippen molar-refractivity contribution in [2.75, 3.05) is 13.7 Å². The molecule has 178 valence electrons. The van der Waals surface area contributed by atoms with Gasteiger partial charge >= 0.3 is 5.97 Å². The molecule has 0 unspecified atom stereocenters. The number of esters is 1. The Kier molecular flexibility index (Phi) is 15.5. The van der Waals surface area contributed by atoms with Crippen LogP contribution in [-0.2, 0) is 0 Å². The third-order valence-electron chi connectivity index (χ3n) is 3.89. The first kappa shape index (κ1) is 29.2. The molecule has 0 amide bonds. The van der Waals surface area contributed by atoms with Crippen LogP contribution in [0.25, 0.3) is 0 Å². The zero-order chi connectivity index (χ0) is 27.0. The smallest absolute Gasteiger partial charge is 0.343 e. The highest BCUT2D eigenvalue weighted by molar-refractivity contribution is 5.91. The average Bonchev–Trinajstić information content (AvgIpc) is 2.93. The van der Waals surface area contributed by atoms with Gasteiger partial charge in [-0.25, -0.2) is 4.79 Å². The zero-order valence-corrected chi connectivity index (χ0v) is 20.3. The predicted octanol–water partition coefficient (Wildman–Crippen LogP) is 4.53. The minimum Gasteiger partial charge on any atom is -0.497 e. The summed E-state index contributed by atoms with van der Waals surface area (Å²) in [5.41, 5.74) is 0.472. The number of carbonyl (C=O) groups excluding carboxylic acids is 1. The van der Waals surface area contributed by atoms with Crippen LogP contribution < -0.4 is 14.2 Å². The van der Waals surface area contributed by atoms with Crippen molar-refractivity contribution >= 4 is 5.97 Å².